The van der Waals surface area contributed by atoms with Gasteiger partial charge in [-0.05, 0) is 49.1 Å². The first kappa shape index (κ1) is 21.1. The molecule has 5 rings (SSSR count). The van der Waals surface area contributed by atoms with Crippen molar-refractivity contribution in [2.24, 2.45) is 5.73 Å². The van der Waals surface area contributed by atoms with Crippen LogP contribution in [0.3, 0.4) is 0 Å². The van der Waals surface area contributed by atoms with Crippen LogP contribution in [0.15, 0.2) is 42.5 Å². The molecule has 1 atom stereocenters. The van der Waals surface area contributed by atoms with E-state index in [0.29, 0.717) is 34.3 Å². The van der Waals surface area contributed by atoms with E-state index in [0.717, 1.165) is 10.4 Å². The number of hydrogen-bond donors (Lipinski definition) is 2. The summed E-state index contributed by atoms with van der Waals surface area (Å²) < 4.78 is 35.6. The molecule has 1 amide bonds. The molecule has 32 heavy (non-hydrogen) atoms. The normalized spacial score (nSPS) is 18.3. The predicted molar refractivity (Wildman–Crippen MR) is 117 cm³/mol. The van der Waals surface area contributed by atoms with Crippen LogP contribution in [0.1, 0.15) is 40.6 Å². The number of nitrogens with zero attached hydrogens (tertiary/aromatic N) is 1. The van der Waals surface area contributed by atoms with Crippen LogP contribution in [-0.4, -0.2) is 17.2 Å². The van der Waals surface area contributed by atoms with Crippen molar-refractivity contribution >= 4 is 34.0 Å². The smallest absolute Gasteiger partial charge is 0.395 e. The summed E-state index contributed by atoms with van der Waals surface area (Å²) in [5.41, 5.74) is 7.66. The summed E-state index contributed by atoms with van der Waals surface area (Å²) in [6, 6.07) is 11.3. The second-order valence-electron chi connectivity index (χ2n) is 7.83. The lowest BCUT2D eigenvalue weighted by Crippen LogP contribution is -2.27. The van der Waals surface area contributed by atoms with E-state index in [9.17, 15) is 13.6 Å². The van der Waals surface area contributed by atoms with Crippen molar-refractivity contribution in [1.29, 1.82) is 0 Å². The molecule has 3 N–H and O–H groups in total. The number of anilines is 1. The summed E-state index contributed by atoms with van der Waals surface area (Å²) >= 11 is 7.56. The van der Waals surface area contributed by atoms with Crippen molar-refractivity contribution in [3.63, 3.8) is 0 Å². The molecule has 1 aromatic heterocycles. The van der Waals surface area contributed by atoms with E-state index in [1.54, 1.807) is 12.1 Å². The van der Waals surface area contributed by atoms with Crippen molar-refractivity contribution in [1.82, 2.24) is 4.98 Å². The van der Waals surface area contributed by atoms with Gasteiger partial charge in [0.1, 0.15) is 0 Å². The molecule has 1 aliphatic heterocycles. The molecule has 0 bridgehead atoms. The number of benzene rings is 2. The number of nitrogens with one attached hydrogen (secondary N) is 1. The fraction of sp³-hybridized carbons (Fsp3) is 0.273. The lowest BCUT2D eigenvalue weighted by Gasteiger charge is -2.15. The summed E-state index contributed by atoms with van der Waals surface area (Å²) in [5, 5.41) is 3.85. The zero-order valence-corrected chi connectivity index (χ0v) is 18.4. The Bertz CT molecular complexity index is 1230. The van der Waals surface area contributed by atoms with Crippen molar-refractivity contribution in [2.45, 2.75) is 37.5 Å². The zero-order chi connectivity index (χ0) is 22.7. The maximum atomic E-state index is 13.3. The highest BCUT2D eigenvalue weighted by molar-refractivity contribution is 7.16. The number of thiazole rings is 1. The molecule has 3 aromatic rings. The first-order valence-electron chi connectivity index (χ1n) is 9.88. The SMILES string of the molecule is Cc1nc(NC(=O)C2(c3ccc4c(c3)OC(F)(F)O4)CC2)sc1[C@@H](N)c1ccccc1Cl. The third-order valence-electron chi connectivity index (χ3n) is 5.71. The Labute approximate surface area is 191 Å². The minimum Gasteiger partial charge on any atom is -0.395 e. The van der Waals surface area contributed by atoms with Crippen molar-refractivity contribution in [3.05, 3.63) is 69.2 Å². The number of aryl methyl sites for hydroxylation is 1. The van der Waals surface area contributed by atoms with Gasteiger partial charge in [0.25, 0.3) is 0 Å². The number of carbonyl (C=O) groups is 1. The van der Waals surface area contributed by atoms with Gasteiger partial charge in [-0.1, -0.05) is 47.2 Å². The second kappa shape index (κ2) is 7.40. The van der Waals surface area contributed by atoms with E-state index < -0.39 is 17.8 Å². The van der Waals surface area contributed by atoms with Gasteiger partial charge in [0.15, 0.2) is 16.6 Å². The highest BCUT2D eigenvalue weighted by Crippen LogP contribution is 2.52. The zero-order valence-electron chi connectivity index (χ0n) is 16.8. The monoisotopic (exact) mass is 477 g/mol. The quantitative estimate of drug-likeness (QED) is 0.531. The van der Waals surface area contributed by atoms with Crippen LogP contribution in [0.25, 0.3) is 0 Å². The van der Waals surface area contributed by atoms with Crippen LogP contribution < -0.4 is 20.5 Å². The molecule has 0 radical (unpaired) electrons. The lowest BCUT2D eigenvalue weighted by molar-refractivity contribution is -0.286. The third-order valence-corrected chi connectivity index (χ3v) is 7.21. The number of ether oxygens (including phenoxy) is 2. The number of rotatable bonds is 5. The minimum absolute atomic E-state index is 0.0521. The molecule has 1 aliphatic carbocycles. The number of fused-ring (bicyclic) bond motifs is 1. The number of alkyl halides is 2. The van der Waals surface area contributed by atoms with Crippen molar-refractivity contribution < 1.29 is 23.0 Å². The fourth-order valence-corrected chi connectivity index (χ4v) is 5.09. The molecule has 0 spiro atoms. The van der Waals surface area contributed by atoms with Crippen LogP contribution in [0.4, 0.5) is 13.9 Å². The Morgan fingerprint density at radius 1 is 1.22 bits per heavy atom. The van der Waals surface area contributed by atoms with E-state index >= 15 is 0 Å². The summed E-state index contributed by atoms with van der Waals surface area (Å²) in [4.78, 5) is 18.4. The Morgan fingerprint density at radius 3 is 2.66 bits per heavy atom. The standard InChI is InChI=1S/C22H18ClF2N3O3S/c1-11-18(17(26)13-4-2-3-5-14(13)23)32-20(27-11)28-19(29)21(8-9-21)12-6-7-15-16(10-12)31-22(24,25)30-15/h2-7,10,17H,8-9,26H2,1H3,(H,27,28,29)/t17-/m0/s1. The van der Waals surface area contributed by atoms with Gasteiger partial charge in [0, 0.05) is 5.02 Å². The maximum Gasteiger partial charge on any atom is 0.586 e. The fourth-order valence-electron chi connectivity index (χ4n) is 3.85. The summed E-state index contributed by atoms with van der Waals surface area (Å²) in [5.74, 6) is -0.386. The number of halogens is 3. The number of aromatic nitrogens is 1. The first-order chi connectivity index (χ1) is 15.2. The maximum absolute atomic E-state index is 13.3. The van der Waals surface area contributed by atoms with E-state index in [1.807, 2.05) is 25.1 Å². The Morgan fingerprint density at radius 2 is 1.94 bits per heavy atom. The number of nitrogens with two attached hydrogens (primary N) is 1. The molecule has 2 aromatic carbocycles. The Kier molecular flexibility index (Phi) is 4.88. The second-order valence-corrected chi connectivity index (χ2v) is 9.27. The van der Waals surface area contributed by atoms with Crippen LogP contribution >= 0.6 is 22.9 Å². The molecule has 2 heterocycles. The van der Waals surface area contributed by atoms with E-state index in [-0.39, 0.29) is 17.4 Å². The third kappa shape index (κ3) is 3.60. The molecule has 0 unspecified atom stereocenters. The molecular formula is C22H18ClF2N3O3S. The van der Waals surface area contributed by atoms with Crippen LogP contribution in [0.2, 0.25) is 5.02 Å². The molecule has 1 fully saturated rings. The van der Waals surface area contributed by atoms with E-state index in [4.69, 9.17) is 17.3 Å². The topological polar surface area (TPSA) is 86.5 Å². The van der Waals surface area contributed by atoms with Gasteiger partial charge >= 0.3 is 6.29 Å². The van der Waals surface area contributed by atoms with Crippen molar-refractivity contribution in [3.8, 4) is 11.5 Å². The summed E-state index contributed by atoms with van der Waals surface area (Å²) in [7, 11) is 0. The average molecular weight is 478 g/mol. The minimum atomic E-state index is -3.70. The summed E-state index contributed by atoms with van der Waals surface area (Å²) in [6.45, 7) is 1.82. The van der Waals surface area contributed by atoms with Crippen LogP contribution in [0.5, 0.6) is 11.5 Å². The van der Waals surface area contributed by atoms with Gasteiger partial charge in [-0.15, -0.1) is 8.78 Å². The van der Waals surface area contributed by atoms with Crippen molar-refractivity contribution in [2.75, 3.05) is 5.32 Å². The Hall–Kier alpha value is -2.75. The highest BCUT2D eigenvalue weighted by Gasteiger charge is 2.53. The van der Waals surface area contributed by atoms with Gasteiger partial charge in [0.2, 0.25) is 5.91 Å². The van der Waals surface area contributed by atoms with Crippen LogP contribution in [0, 0.1) is 6.92 Å². The summed E-state index contributed by atoms with van der Waals surface area (Å²) in [6.07, 6.45) is -2.52. The number of carbonyl (C=O) groups excluding carboxylic acids is 1. The van der Waals surface area contributed by atoms with Gasteiger partial charge in [-0.25, -0.2) is 4.98 Å². The molecule has 2 aliphatic rings. The van der Waals surface area contributed by atoms with Gasteiger partial charge in [-0.3, -0.25) is 4.79 Å². The lowest BCUT2D eigenvalue weighted by atomic mass is 9.94. The van der Waals surface area contributed by atoms with Crippen LogP contribution in [-0.2, 0) is 10.2 Å². The largest absolute Gasteiger partial charge is 0.586 e. The predicted octanol–water partition coefficient (Wildman–Crippen LogP) is 5.14. The van der Waals surface area contributed by atoms with Gasteiger partial charge < -0.3 is 20.5 Å². The number of hydrogen-bond acceptors (Lipinski definition) is 6. The Balaban J connectivity index is 1.36. The van der Waals surface area contributed by atoms with E-state index in [1.165, 1.54) is 23.5 Å². The molecule has 1 saturated carbocycles. The number of amides is 1. The van der Waals surface area contributed by atoms with E-state index in [2.05, 4.69) is 19.8 Å². The molecule has 166 valence electrons. The molecule has 0 saturated heterocycles. The van der Waals surface area contributed by atoms with Gasteiger partial charge in [-0.2, -0.15) is 0 Å². The molecule has 10 heteroatoms. The average Bonchev–Trinajstić information content (AvgIpc) is 3.38. The molecular weight excluding hydrogens is 460 g/mol. The first-order valence-corrected chi connectivity index (χ1v) is 11.1. The highest BCUT2D eigenvalue weighted by atomic mass is 35.5. The molecule has 6 nitrogen and oxygen atoms in total. The van der Waals surface area contributed by atoms with Gasteiger partial charge in [0.05, 0.1) is 22.0 Å².